The van der Waals surface area contributed by atoms with Crippen LogP contribution in [0.4, 0.5) is 0 Å². The van der Waals surface area contributed by atoms with Crippen molar-refractivity contribution in [1.82, 2.24) is 0 Å². The number of cyclic esters (lactones) is 2. The van der Waals surface area contributed by atoms with Gasteiger partial charge in [0.15, 0.2) is 4.32 Å². The molecule has 0 radical (unpaired) electrons. The van der Waals surface area contributed by atoms with E-state index >= 15 is 0 Å². The second-order valence-electron chi connectivity index (χ2n) is 11.9. The van der Waals surface area contributed by atoms with Crippen molar-refractivity contribution in [3.8, 4) is 0 Å². The molecule has 2 aliphatic heterocycles. The molecule has 7 nitrogen and oxygen atoms in total. The van der Waals surface area contributed by atoms with Gasteiger partial charge in [0.05, 0.1) is 12.0 Å². The summed E-state index contributed by atoms with van der Waals surface area (Å²) in [6.07, 6.45) is -1.12. The average molecular weight is 600 g/mol. The number of carbonyl (C=O) groups is 2. The van der Waals surface area contributed by atoms with Crippen LogP contribution in [0.1, 0.15) is 57.3 Å². The number of benzene rings is 2. The van der Waals surface area contributed by atoms with E-state index in [0.717, 1.165) is 30.4 Å². The Labute approximate surface area is 237 Å². The lowest BCUT2D eigenvalue weighted by Crippen LogP contribution is -2.45. The number of esters is 2. The second kappa shape index (κ2) is 9.98. The van der Waals surface area contributed by atoms with Crippen molar-refractivity contribution >= 4 is 27.9 Å². The first-order chi connectivity index (χ1) is 18.7. The van der Waals surface area contributed by atoms with Crippen molar-refractivity contribution in [2.75, 3.05) is 0 Å². The lowest BCUT2D eigenvalue weighted by molar-refractivity contribution is -0.219. The number of fused-ring (bicyclic) bond motifs is 3. The molecule has 2 heterocycles. The fraction of sp³-hybridized carbons (Fsp3) is 0.548. The third-order valence-electron chi connectivity index (χ3n) is 9.26. The van der Waals surface area contributed by atoms with Gasteiger partial charge < -0.3 is 24.1 Å². The van der Waals surface area contributed by atoms with E-state index < -0.39 is 52.4 Å². The first-order valence-corrected chi connectivity index (χ1v) is 14.7. The molecule has 0 aromatic heterocycles. The summed E-state index contributed by atoms with van der Waals surface area (Å²) < 4.78 is 23.2. The molecule has 4 aliphatic rings. The topological polar surface area (TPSA) is 91.3 Å². The van der Waals surface area contributed by atoms with Gasteiger partial charge in [-0.15, -0.1) is 0 Å². The third-order valence-corrected chi connectivity index (χ3v) is 10.7. The van der Waals surface area contributed by atoms with E-state index in [1.807, 2.05) is 60.7 Å². The summed E-state index contributed by atoms with van der Waals surface area (Å²) in [5.74, 6) is -0.955. The Balaban J connectivity index is 1.41. The van der Waals surface area contributed by atoms with Gasteiger partial charge in [-0.25, -0.2) is 0 Å². The molecule has 208 valence electrons. The quantitative estimate of drug-likeness (QED) is 0.348. The SMILES string of the molecule is CC(C)[C@@H]1CC[C@@H](C)C[C@H]1O[C@@H]1OC(=O)[C@@]2([C@H]3[C@H](O)OC(=O)[C@]32Br)[C@H]1OC(c1ccccc1)c1ccccc1. The van der Waals surface area contributed by atoms with Gasteiger partial charge in [0.1, 0.15) is 17.6 Å². The van der Waals surface area contributed by atoms with Gasteiger partial charge in [0.25, 0.3) is 0 Å². The van der Waals surface area contributed by atoms with Crippen molar-refractivity contribution in [2.24, 2.45) is 29.1 Å². The monoisotopic (exact) mass is 598 g/mol. The molecule has 4 fully saturated rings. The largest absolute Gasteiger partial charge is 0.434 e. The van der Waals surface area contributed by atoms with Crippen LogP contribution in [0.25, 0.3) is 0 Å². The number of aliphatic hydroxyl groups excluding tert-OH is 1. The molecule has 2 aliphatic carbocycles. The number of aliphatic hydroxyl groups is 1. The summed E-state index contributed by atoms with van der Waals surface area (Å²) in [4.78, 5) is 26.7. The number of hydrogen-bond acceptors (Lipinski definition) is 7. The van der Waals surface area contributed by atoms with Crippen LogP contribution in [-0.4, -0.2) is 46.2 Å². The highest BCUT2D eigenvalue weighted by Crippen LogP contribution is 2.77. The lowest BCUT2D eigenvalue weighted by Gasteiger charge is -2.39. The molecule has 6 rings (SSSR count). The number of rotatable bonds is 7. The van der Waals surface area contributed by atoms with Crippen LogP contribution in [0.5, 0.6) is 0 Å². The minimum absolute atomic E-state index is 0.124. The predicted molar refractivity (Wildman–Crippen MR) is 145 cm³/mol. The first kappa shape index (κ1) is 26.9. The summed E-state index contributed by atoms with van der Waals surface area (Å²) in [5.41, 5.74) is 0.309. The molecule has 1 spiro atoms. The van der Waals surface area contributed by atoms with Crippen molar-refractivity contribution < 1.29 is 33.6 Å². The summed E-state index contributed by atoms with van der Waals surface area (Å²) in [5, 5.41) is 10.7. The highest BCUT2D eigenvalue weighted by atomic mass is 79.9. The number of hydrogen-bond donors (Lipinski definition) is 1. The smallest absolute Gasteiger partial charge is 0.327 e. The van der Waals surface area contributed by atoms with E-state index in [1.54, 1.807) is 0 Å². The van der Waals surface area contributed by atoms with Gasteiger partial charge in [-0.1, -0.05) is 104 Å². The molecule has 8 heteroatoms. The van der Waals surface area contributed by atoms with E-state index in [-0.39, 0.29) is 6.10 Å². The minimum Gasteiger partial charge on any atom is -0.434 e. The number of carbonyl (C=O) groups excluding carboxylic acids is 2. The van der Waals surface area contributed by atoms with Crippen LogP contribution in [0.2, 0.25) is 0 Å². The molecule has 1 N–H and O–H groups in total. The van der Waals surface area contributed by atoms with Crippen molar-refractivity contribution in [2.45, 2.75) is 75.2 Å². The van der Waals surface area contributed by atoms with E-state index in [2.05, 4.69) is 36.7 Å². The zero-order chi connectivity index (χ0) is 27.5. The van der Waals surface area contributed by atoms with Crippen LogP contribution in [0.15, 0.2) is 60.7 Å². The Hall–Kier alpha value is -2.26. The molecule has 0 amide bonds. The van der Waals surface area contributed by atoms with Gasteiger partial charge in [-0.2, -0.15) is 0 Å². The molecular weight excluding hydrogens is 564 g/mol. The Morgan fingerprint density at radius 2 is 1.56 bits per heavy atom. The maximum absolute atomic E-state index is 13.7. The zero-order valence-electron chi connectivity index (χ0n) is 22.4. The fourth-order valence-corrected chi connectivity index (χ4v) is 8.39. The number of halogens is 1. The molecular formula is C31H35BrO7. The fourth-order valence-electron chi connectivity index (χ4n) is 7.19. The molecule has 2 aromatic carbocycles. The molecule has 39 heavy (non-hydrogen) atoms. The second-order valence-corrected chi connectivity index (χ2v) is 13.1. The van der Waals surface area contributed by atoms with Crippen molar-refractivity contribution in [1.29, 1.82) is 0 Å². The summed E-state index contributed by atoms with van der Waals surface area (Å²) >= 11 is 3.52. The number of alkyl halides is 1. The molecule has 2 saturated heterocycles. The van der Waals surface area contributed by atoms with Gasteiger partial charge in [-0.05, 0) is 41.7 Å². The van der Waals surface area contributed by atoms with E-state index in [4.69, 9.17) is 18.9 Å². The van der Waals surface area contributed by atoms with Crippen LogP contribution >= 0.6 is 15.9 Å². The standard InChI is InChI=1S/C31H35BrO7/c1-17(2)21-15-14-18(3)16-22(21)36-27-25(30(28(34)39-27)24-26(33)38-29(35)31(24,30)32)37-23(19-10-6-4-7-11-19)20-12-8-5-9-13-20/h4-13,17-18,21-27,33H,14-16H2,1-3H3/t18-,21+,22-,24-,25+,26-,27-,30-,31-/m1/s1. The highest BCUT2D eigenvalue weighted by Gasteiger charge is 2.96. The van der Waals surface area contributed by atoms with Crippen molar-refractivity contribution in [3.63, 3.8) is 0 Å². The normalized spacial score (nSPS) is 39.2. The van der Waals surface area contributed by atoms with E-state index in [0.29, 0.717) is 17.8 Å². The highest BCUT2D eigenvalue weighted by molar-refractivity contribution is 9.10. The van der Waals surface area contributed by atoms with Crippen molar-refractivity contribution in [3.05, 3.63) is 71.8 Å². The molecule has 2 saturated carbocycles. The summed E-state index contributed by atoms with van der Waals surface area (Å²) in [6.45, 7) is 6.60. The van der Waals surface area contributed by atoms with E-state index in [9.17, 15) is 14.7 Å². The Bertz CT molecular complexity index is 1180. The minimum atomic E-state index is -1.47. The maximum Gasteiger partial charge on any atom is 0.327 e. The van der Waals surface area contributed by atoms with Crippen LogP contribution in [-0.2, 0) is 28.5 Å². The zero-order valence-corrected chi connectivity index (χ0v) is 24.0. The van der Waals surface area contributed by atoms with Crippen LogP contribution < -0.4 is 0 Å². The predicted octanol–water partition coefficient (Wildman–Crippen LogP) is 5.15. The van der Waals surface area contributed by atoms with Gasteiger partial charge in [-0.3, -0.25) is 9.59 Å². The molecule has 9 atom stereocenters. The van der Waals surface area contributed by atoms with Gasteiger partial charge >= 0.3 is 11.9 Å². The van der Waals surface area contributed by atoms with Crippen LogP contribution in [0.3, 0.4) is 0 Å². The Morgan fingerprint density at radius 3 is 2.10 bits per heavy atom. The number of ether oxygens (including phenoxy) is 4. The molecule has 2 aromatic rings. The Morgan fingerprint density at radius 1 is 0.949 bits per heavy atom. The lowest BCUT2D eigenvalue weighted by atomic mass is 9.75. The van der Waals surface area contributed by atoms with Gasteiger partial charge in [0, 0.05) is 0 Å². The summed E-state index contributed by atoms with van der Waals surface area (Å²) in [6, 6.07) is 19.5. The maximum atomic E-state index is 13.7. The first-order valence-electron chi connectivity index (χ1n) is 13.9. The molecule has 0 unspecified atom stereocenters. The molecule has 0 bridgehead atoms. The average Bonchev–Trinajstić information content (AvgIpc) is 3.29. The third kappa shape index (κ3) is 4.09. The Kier molecular flexibility index (Phi) is 6.89. The van der Waals surface area contributed by atoms with Crippen LogP contribution in [0, 0.1) is 29.1 Å². The summed E-state index contributed by atoms with van der Waals surface area (Å²) in [7, 11) is 0. The van der Waals surface area contributed by atoms with Gasteiger partial charge in [0.2, 0.25) is 12.6 Å². The van der Waals surface area contributed by atoms with E-state index in [1.165, 1.54) is 0 Å².